The quantitative estimate of drug-likeness (QED) is 0.794. The van der Waals surface area contributed by atoms with Crippen LogP contribution in [-0.2, 0) is 0 Å². The van der Waals surface area contributed by atoms with Crippen molar-refractivity contribution in [2.45, 2.75) is 0 Å². The third-order valence-electron chi connectivity index (χ3n) is 2.90. The van der Waals surface area contributed by atoms with Crippen molar-refractivity contribution in [3.63, 3.8) is 0 Å². The first-order valence-corrected chi connectivity index (χ1v) is 7.13. The summed E-state index contributed by atoms with van der Waals surface area (Å²) >= 11 is 3.11. The molecule has 0 saturated carbocycles. The molecule has 0 radical (unpaired) electrons. The maximum absolute atomic E-state index is 12.1. The zero-order valence-corrected chi connectivity index (χ0v) is 13.6. The van der Waals surface area contributed by atoms with Crippen LogP contribution in [0.15, 0.2) is 39.4 Å². The highest BCUT2D eigenvalue weighted by atomic mass is 79.9. The Morgan fingerprint density at radius 1 is 1.14 bits per heavy atom. The second kappa shape index (κ2) is 7.13. The van der Waals surface area contributed by atoms with E-state index in [1.165, 1.54) is 20.3 Å². The average molecular weight is 368 g/mol. The van der Waals surface area contributed by atoms with Crippen molar-refractivity contribution in [2.75, 3.05) is 20.8 Å². The number of carbonyl (C=O) groups excluding carboxylic acids is 2. The molecule has 0 bridgehead atoms. The number of rotatable bonds is 6. The van der Waals surface area contributed by atoms with Crippen LogP contribution < -0.4 is 14.8 Å². The van der Waals surface area contributed by atoms with Crippen molar-refractivity contribution in [3.8, 4) is 11.5 Å². The first-order chi connectivity index (χ1) is 10.5. The Hall–Kier alpha value is -2.28. The third-order valence-corrected chi connectivity index (χ3v) is 3.33. The van der Waals surface area contributed by atoms with Crippen molar-refractivity contribution >= 4 is 27.6 Å². The molecule has 2 rings (SSSR count). The lowest BCUT2D eigenvalue weighted by atomic mass is 10.2. The number of methoxy groups -OCH3 is 2. The van der Waals surface area contributed by atoms with Gasteiger partial charge in [0.2, 0.25) is 5.78 Å². The van der Waals surface area contributed by atoms with Crippen LogP contribution in [0.5, 0.6) is 11.5 Å². The Morgan fingerprint density at radius 3 is 2.45 bits per heavy atom. The summed E-state index contributed by atoms with van der Waals surface area (Å²) in [7, 11) is 3.00. The molecule has 116 valence electrons. The Morgan fingerprint density at radius 2 is 1.86 bits per heavy atom. The first kappa shape index (κ1) is 16.1. The highest BCUT2D eigenvalue weighted by Gasteiger charge is 2.14. The minimum absolute atomic E-state index is 0.160. The molecule has 1 N–H and O–H groups in total. The summed E-state index contributed by atoms with van der Waals surface area (Å²) in [5.41, 5.74) is 0.367. The van der Waals surface area contributed by atoms with Gasteiger partial charge in [0.15, 0.2) is 21.9 Å². The fourth-order valence-electron chi connectivity index (χ4n) is 1.79. The van der Waals surface area contributed by atoms with Gasteiger partial charge in [-0.2, -0.15) is 0 Å². The molecule has 0 fully saturated rings. The first-order valence-electron chi connectivity index (χ1n) is 6.34. The van der Waals surface area contributed by atoms with Gasteiger partial charge in [-0.25, -0.2) is 0 Å². The van der Waals surface area contributed by atoms with Crippen LogP contribution in [0.1, 0.15) is 20.9 Å². The predicted octanol–water partition coefficient (Wildman–Crippen LogP) is 2.67. The molecule has 1 amide bonds. The molecule has 6 nitrogen and oxygen atoms in total. The number of ketones is 1. The molecule has 0 saturated heterocycles. The zero-order valence-electron chi connectivity index (χ0n) is 12.0. The summed E-state index contributed by atoms with van der Waals surface area (Å²) in [5, 5.41) is 2.54. The Balaban J connectivity index is 2.02. The normalized spacial score (nSPS) is 10.1. The lowest BCUT2D eigenvalue weighted by molar-refractivity contribution is 0.0891. The van der Waals surface area contributed by atoms with Crippen molar-refractivity contribution < 1.29 is 23.5 Å². The van der Waals surface area contributed by atoms with Crippen LogP contribution in [0.4, 0.5) is 0 Å². The average Bonchev–Trinajstić information content (AvgIpc) is 2.98. The van der Waals surface area contributed by atoms with Gasteiger partial charge in [-0.05, 0) is 46.3 Å². The van der Waals surface area contributed by atoms with E-state index in [0.717, 1.165) is 0 Å². The van der Waals surface area contributed by atoms with Crippen LogP contribution >= 0.6 is 15.9 Å². The molecule has 0 atom stereocenters. The van der Waals surface area contributed by atoms with E-state index < -0.39 is 0 Å². The molecule has 1 aromatic heterocycles. The van der Waals surface area contributed by atoms with Gasteiger partial charge >= 0.3 is 0 Å². The van der Waals surface area contributed by atoms with Gasteiger partial charge in [0.25, 0.3) is 5.91 Å². The van der Waals surface area contributed by atoms with Gasteiger partial charge in [-0.3, -0.25) is 9.59 Å². The van der Waals surface area contributed by atoms with E-state index in [2.05, 4.69) is 21.2 Å². The third kappa shape index (κ3) is 3.67. The van der Waals surface area contributed by atoms with Gasteiger partial charge in [-0.1, -0.05) is 0 Å². The van der Waals surface area contributed by atoms with E-state index >= 15 is 0 Å². The van der Waals surface area contributed by atoms with Crippen molar-refractivity contribution in [2.24, 2.45) is 0 Å². The number of furan rings is 1. The van der Waals surface area contributed by atoms with Gasteiger partial charge < -0.3 is 19.2 Å². The number of hydrogen-bond acceptors (Lipinski definition) is 5. The van der Waals surface area contributed by atoms with Crippen LogP contribution in [0.25, 0.3) is 0 Å². The van der Waals surface area contributed by atoms with Crippen LogP contribution in [0, 0.1) is 0 Å². The Kier molecular flexibility index (Phi) is 5.21. The summed E-state index contributed by atoms with van der Waals surface area (Å²) in [6, 6.07) is 7.91. The number of carbonyl (C=O) groups is 2. The maximum Gasteiger partial charge on any atom is 0.251 e. The SMILES string of the molecule is COc1ccc(C(=O)NCC(=O)c2ccc(Br)o2)cc1OC. The molecule has 2 aromatic rings. The minimum atomic E-state index is -0.389. The molecule has 1 heterocycles. The van der Waals surface area contributed by atoms with E-state index in [1.54, 1.807) is 24.3 Å². The molecular weight excluding hydrogens is 354 g/mol. The van der Waals surface area contributed by atoms with E-state index in [-0.39, 0.29) is 24.0 Å². The highest BCUT2D eigenvalue weighted by molar-refractivity contribution is 9.10. The topological polar surface area (TPSA) is 77.8 Å². The monoisotopic (exact) mass is 367 g/mol. The second-order valence-corrected chi connectivity index (χ2v) is 5.06. The molecule has 0 spiro atoms. The highest BCUT2D eigenvalue weighted by Crippen LogP contribution is 2.27. The second-order valence-electron chi connectivity index (χ2n) is 4.28. The standard InChI is InChI=1S/C15H14BrNO5/c1-20-12-4-3-9(7-13(12)21-2)15(19)17-8-10(18)11-5-6-14(16)22-11/h3-7H,8H2,1-2H3,(H,17,19). The fraction of sp³-hybridized carbons (Fsp3) is 0.200. The van der Waals surface area contributed by atoms with E-state index in [1.807, 2.05) is 0 Å². The molecule has 0 aliphatic heterocycles. The molecule has 22 heavy (non-hydrogen) atoms. The van der Waals surface area contributed by atoms with Gasteiger partial charge in [0.1, 0.15) is 0 Å². The predicted molar refractivity (Wildman–Crippen MR) is 82.6 cm³/mol. The molecular formula is C15H14BrNO5. The number of halogens is 1. The molecule has 7 heteroatoms. The zero-order chi connectivity index (χ0) is 16.1. The summed E-state index contributed by atoms with van der Waals surface area (Å²) in [5.74, 6) is 0.436. The molecule has 0 aliphatic rings. The summed E-state index contributed by atoms with van der Waals surface area (Å²) in [6.07, 6.45) is 0. The van der Waals surface area contributed by atoms with Crippen molar-refractivity contribution in [3.05, 3.63) is 46.3 Å². The fourth-order valence-corrected chi connectivity index (χ4v) is 2.10. The van der Waals surface area contributed by atoms with Crippen molar-refractivity contribution in [1.82, 2.24) is 5.32 Å². The van der Waals surface area contributed by atoms with Crippen LogP contribution in [0.3, 0.4) is 0 Å². The number of ether oxygens (including phenoxy) is 2. The lowest BCUT2D eigenvalue weighted by Gasteiger charge is -2.09. The summed E-state index contributed by atoms with van der Waals surface area (Å²) in [6.45, 7) is -0.160. The van der Waals surface area contributed by atoms with Gasteiger partial charge in [0, 0.05) is 5.56 Å². The Bertz CT molecular complexity index is 695. The number of benzene rings is 1. The van der Waals surface area contributed by atoms with E-state index in [0.29, 0.717) is 21.7 Å². The molecule has 0 unspecified atom stereocenters. The van der Waals surface area contributed by atoms with E-state index in [4.69, 9.17) is 13.9 Å². The maximum atomic E-state index is 12.1. The smallest absolute Gasteiger partial charge is 0.251 e. The molecule has 1 aromatic carbocycles. The van der Waals surface area contributed by atoms with Crippen molar-refractivity contribution in [1.29, 1.82) is 0 Å². The number of Topliss-reactive ketones (excluding diaryl/α,β-unsaturated/α-hetero) is 1. The minimum Gasteiger partial charge on any atom is -0.493 e. The number of amides is 1. The number of hydrogen-bond donors (Lipinski definition) is 1. The summed E-state index contributed by atoms with van der Waals surface area (Å²) < 4.78 is 15.8. The van der Waals surface area contributed by atoms with Crippen LogP contribution in [0.2, 0.25) is 0 Å². The Labute approximate surface area is 135 Å². The van der Waals surface area contributed by atoms with Crippen LogP contribution in [-0.4, -0.2) is 32.5 Å². The largest absolute Gasteiger partial charge is 0.493 e. The van der Waals surface area contributed by atoms with Gasteiger partial charge in [-0.15, -0.1) is 0 Å². The van der Waals surface area contributed by atoms with E-state index in [9.17, 15) is 9.59 Å². The van der Waals surface area contributed by atoms with Gasteiger partial charge in [0.05, 0.1) is 20.8 Å². The lowest BCUT2D eigenvalue weighted by Crippen LogP contribution is -2.29. The summed E-state index contributed by atoms with van der Waals surface area (Å²) in [4.78, 5) is 23.9. The number of nitrogens with one attached hydrogen (secondary N) is 1. The molecule has 0 aliphatic carbocycles.